The van der Waals surface area contributed by atoms with Crippen molar-refractivity contribution in [2.75, 3.05) is 63.3 Å². The molecular weight excluding hydrogens is 1250 g/mol. The Balaban J connectivity index is 1.26. The molecule has 24 nitrogen and oxygen atoms in total. The number of aromatic nitrogens is 1. The van der Waals surface area contributed by atoms with E-state index in [2.05, 4.69) is 29.0 Å². The molecule has 0 saturated carbocycles. The molecule has 4 aliphatic heterocycles. The maximum atomic E-state index is 15.1. The number of fused-ring (bicyclic) bond motifs is 17. The van der Waals surface area contributed by atoms with Crippen LogP contribution in [0.2, 0.25) is 0 Å². The van der Waals surface area contributed by atoms with Crippen LogP contribution in [-0.4, -0.2) is 149 Å². The van der Waals surface area contributed by atoms with Crippen LogP contribution in [0.25, 0.3) is 33.3 Å². The van der Waals surface area contributed by atoms with Crippen LogP contribution in [0.5, 0.6) is 23.0 Å². The molecule has 1 aliphatic carbocycles. The Morgan fingerprint density at radius 1 is 0.916 bits per heavy atom. The minimum atomic E-state index is -3.75. The van der Waals surface area contributed by atoms with E-state index in [-0.39, 0.29) is 93.1 Å². The first-order valence-corrected chi connectivity index (χ1v) is 33.9. The van der Waals surface area contributed by atoms with Crippen molar-refractivity contribution < 1.29 is 91.1 Å². The number of rotatable bonds is 16. The molecule has 1 unspecified atom stereocenters. The Bertz CT molecular complexity index is 3870. The number of aliphatic hydroxyl groups excluding tert-OH is 1. The molecule has 5 N–H and O–H groups in total. The number of hydrogen-bond donors (Lipinski definition) is 5. The fraction of sp³-hybridized carbons (Fsp3) is 0.514. The Hall–Kier alpha value is -8.15. The molecule has 0 radical (unpaired) electrons. The van der Waals surface area contributed by atoms with Crippen molar-refractivity contribution in [2.45, 2.75) is 152 Å². The quantitative estimate of drug-likeness (QED) is 0.00896. The smallest absolute Gasteiger partial charge is 0.308 e. The molecule has 3 aromatic rings. The van der Waals surface area contributed by atoms with Crippen LogP contribution in [0.15, 0.2) is 75.7 Å². The monoisotopic (exact) mass is 1340 g/mol. The predicted octanol–water partition coefficient (Wildman–Crippen LogP) is 9.76. The van der Waals surface area contributed by atoms with Gasteiger partial charge in [-0.3, -0.25) is 43.0 Å². The number of phenols is 2. The number of phenolic OH excluding ortho intramolecular Hbond substituents is 2. The van der Waals surface area contributed by atoms with Crippen LogP contribution >= 0.6 is 7.37 Å². The zero-order chi connectivity index (χ0) is 70.3. The van der Waals surface area contributed by atoms with E-state index in [1.807, 2.05) is 0 Å². The van der Waals surface area contributed by atoms with Gasteiger partial charge in [0, 0.05) is 155 Å². The van der Waals surface area contributed by atoms with Crippen molar-refractivity contribution in [3.63, 3.8) is 0 Å². The molecule has 3 aromatic carbocycles. The van der Waals surface area contributed by atoms with Gasteiger partial charge in [0.2, 0.25) is 18.6 Å². The second-order valence-electron chi connectivity index (χ2n) is 26.5. The van der Waals surface area contributed by atoms with Crippen LogP contribution < -0.4 is 30.4 Å². The summed E-state index contributed by atoms with van der Waals surface area (Å²) in [6, 6.07) is 7.41. The molecule has 516 valence electrons. The van der Waals surface area contributed by atoms with E-state index >= 15 is 4.79 Å². The number of carbonyl (C=O) groups is 6. The maximum absolute atomic E-state index is 15.1. The third-order valence-corrected chi connectivity index (χ3v) is 18.7. The third kappa shape index (κ3) is 17.7. The van der Waals surface area contributed by atoms with Crippen LogP contribution in [0, 0.1) is 36.5 Å². The van der Waals surface area contributed by atoms with Gasteiger partial charge in [-0.25, -0.2) is 4.98 Å². The normalized spacial score (nSPS) is 23.7. The summed E-state index contributed by atoms with van der Waals surface area (Å²) in [5, 5.41) is 38.4. The average molecular weight is 1340 g/mol. The van der Waals surface area contributed by atoms with Crippen molar-refractivity contribution in [1.82, 2.24) is 9.88 Å². The van der Waals surface area contributed by atoms with Gasteiger partial charge in [0.25, 0.3) is 5.91 Å². The minimum absolute atomic E-state index is 0.00432. The number of esters is 4. The molecular formula is C70H91N4O20P. The lowest BCUT2D eigenvalue weighted by atomic mass is 9.78. The fourth-order valence-electron chi connectivity index (χ4n) is 12.3. The second kappa shape index (κ2) is 30.7. The van der Waals surface area contributed by atoms with Gasteiger partial charge < -0.3 is 68.0 Å². The molecule has 5 aliphatic rings. The number of aldehydes is 1. The van der Waals surface area contributed by atoms with Gasteiger partial charge in [-0.2, -0.15) is 0 Å². The fourth-order valence-corrected chi connectivity index (χ4v) is 13.0. The zero-order valence-electron chi connectivity index (χ0n) is 57.0. The number of piperazine rings is 1. The minimum Gasteiger partial charge on any atom is -0.507 e. The molecule has 0 spiro atoms. The van der Waals surface area contributed by atoms with Gasteiger partial charge in [-0.15, -0.1) is 0 Å². The first-order chi connectivity index (χ1) is 44.5. The molecule has 1 amide bonds. The summed E-state index contributed by atoms with van der Waals surface area (Å²) in [4.78, 5) is 115. The highest BCUT2D eigenvalue weighted by atomic mass is 31.2. The predicted molar refractivity (Wildman–Crippen MR) is 358 cm³/mol. The van der Waals surface area contributed by atoms with Crippen LogP contribution in [-0.2, 0) is 57.6 Å². The summed E-state index contributed by atoms with van der Waals surface area (Å²) in [6.45, 7) is 27.5. The number of ether oxygens (including phenoxy) is 7. The number of aliphatic hydroxyl groups is 1. The lowest BCUT2D eigenvalue weighted by Gasteiger charge is -2.39. The molecule has 1 fully saturated rings. The van der Waals surface area contributed by atoms with E-state index in [9.17, 15) is 53.5 Å². The van der Waals surface area contributed by atoms with Crippen LogP contribution in [0.4, 0.5) is 11.4 Å². The molecule has 4 heterocycles. The Morgan fingerprint density at radius 2 is 1.59 bits per heavy atom. The molecule has 0 aromatic heterocycles. The van der Waals surface area contributed by atoms with Gasteiger partial charge in [0.15, 0.2) is 17.6 Å². The molecule has 4 bridgehead atoms. The summed E-state index contributed by atoms with van der Waals surface area (Å²) >= 11 is 0. The van der Waals surface area contributed by atoms with Gasteiger partial charge >= 0.3 is 23.9 Å². The first kappa shape index (κ1) is 74.2. The number of nitrogens with zero attached hydrogens (tertiary/aromatic N) is 3. The number of hydrogen-bond acceptors (Lipinski definition) is 22. The lowest BCUT2D eigenvalue weighted by molar-refractivity contribution is -0.166. The Labute approximate surface area is 553 Å². The van der Waals surface area contributed by atoms with Crippen molar-refractivity contribution in [2.24, 2.45) is 29.6 Å². The summed E-state index contributed by atoms with van der Waals surface area (Å²) in [7, 11) is -2.33. The topological polar surface area (TPSA) is 327 Å². The second-order valence-corrected chi connectivity index (χ2v) is 28.8. The number of methoxy groups -OCH3 is 1. The Kier molecular flexibility index (Phi) is 24.0. The van der Waals surface area contributed by atoms with E-state index < -0.39 is 119 Å². The highest BCUT2D eigenvalue weighted by Crippen LogP contribution is 2.48. The number of allylic oxidation sites excluding steroid dienone is 2. The van der Waals surface area contributed by atoms with Crippen LogP contribution in [0.3, 0.4) is 0 Å². The van der Waals surface area contributed by atoms with Gasteiger partial charge in [0.1, 0.15) is 52.1 Å². The highest BCUT2D eigenvalue weighted by molar-refractivity contribution is 7.65. The van der Waals surface area contributed by atoms with E-state index in [4.69, 9.17) is 42.6 Å². The summed E-state index contributed by atoms with van der Waals surface area (Å²) in [5.41, 5.74) is -2.01. The van der Waals surface area contributed by atoms with E-state index in [1.54, 1.807) is 59.8 Å². The number of aromatic hydroxyl groups is 2. The molecule has 95 heavy (non-hydrogen) atoms. The van der Waals surface area contributed by atoms with Crippen molar-refractivity contribution in [3.05, 3.63) is 93.4 Å². The van der Waals surface area contributed by atoms with Crippen molar-refractivity contribution >= 4 is 82.0 Å². The number of benzene rings is 4. The molecule has 8 rings (SSSR count). The van der Waals surface area contributed by atoms with E-state index in [0.717, 1.165) is 19.6 Å². The van der Waals surface area contributed by atoms with E-state index in [1.165, 1.54) is 98.0 Å². The molecule has 25 heteroatoms. The van der Waals surface area contributed by atoms with Gasteiger partial charge in [-0.05, 0) is 50.5 Å². The van der Waals surface area contributed by atoms with Crippen molar-refractivity contribution in [3.8, 4) is 34.5 Å². The largest absolute Gasteiger partial charge is 0.507 e. The Morgan fingerprint density at radius 3 is 2.21 bits per heavy atom. The summed E-state index contributed by atoms with van der Waals surface area (Å²) in [5.74, 6) is -9.17. The standard InChI is InChI=1S/C70H91N4O20P/c1-37(2)35-73-25-27-74(28-26-73)46-31-50(78)58-53(32-46)92-67-59(71-58)56-48(36-75)66-43(8)62(82)57(56)63(83)60(67)72-68(84)39(4)20-17-19-38(3)64(41(6)61(81)42(7)65(91-45(10)77)40(5)51(87-15)24-30-89-70(13,14)94-66)93-54(79)21-18-29-88-55(80)34-69(11,12)49-33-47(95(16,85)86)22-23-52(49)90-44(9)76/h17,19-20,22-24,30-33,36-38,40-42,51,61,64-65,78,81-82H,18,21,25-29,34-35H2,1-16H3,(H,72,84)(H,85,86)/b19-17+,30-24+,39-20-/t38-,40+,41-,42+,51-,61+,64-,65+/m0/s1. The number of nitrogens with one attached hydrogen (secondary N) is 1. The van der Waals surface area contributed by atoms with Gasteiger partial charge in [0.05, 0.1) is 42.4 Å². The number of carbonyl (C=O) groups excluding carboxylic acids is 6. The maximum Gasteiger partial charge on any atom is 0.308 e. The summed E-state index contributed by atoms with van der Waals surface area (Å²) < 4.78 is 60.8. The van der Waals surface area contributed by atoms with Crippen LogP contribution in [0.1, 0.15) is 131 Å². The third-order valence-electron chi connectivity index (χ3n) is 17.4. The number of amides is 1. The highest BCUT2D eigenvalue weighted by Gasteiger charge is 2.42. The van der Waals surface area contributed by atoms with E-state index in [0.29, 0.717) is 36.5 Å². The zero-order valence-corrected chi connectivity index (χ0v) is 57.9. The lowest BCUT2D eigenvalue weighted by Crippen LogP contribution is -2.47. The SMILES string of the molecule is CO[C@H]1/C=C/OC(C)(C)Oc2c(C)c(O)c3c(=O)c(c4oc5cc(N6CCN(CC(C)C)CC6)cc(O)c5nc-4c3c2C=O)NC(=O)/C(C)=C\C=C\[C@H](C)[C@H](OC(=O)CCCOC(=O)CC(C)(C)c2cc(P(C)(=O)O)ccc2OC(C)=O)[C@@H](C)[C@@H](O)[C@@H](C)[C@H](OC(C)=O)[C@@H]1C. The first-order valence-electron chi connectivity index (χ1n) is 31.8. The molecule has 9 atom stereocenters. The molecule has 1 saturated heterocycles. The average Bonchev–Trinajstić information content (AvgIpc) is 0.718. The summed E-state index contributed by atoms with van der Waals surface area (Å²) in [6.07, 6.45) is 3.01. The number of anilines is 2. The van der Waals surface area contributed by atoms with Crippen molar-refractivity contribution in [1.29, 1.82) is 0 Å². The van der Waals surface area contributed by atoms with Gasteiger partial charge in [-0.1, -0.05) is 73.6 Å².